The summed E-state index contributed by atoms with van der Waals surface area (Å²) in [5, 5.41) is 11.3. The molecule has 0 saturated carbocycles. The van der Waals surface area contributed by atoms with E-state index < -0.39 is 0 Å². The van der Waals surface area contributed by atoms with E-state index in [1.54, 1.807) is 13.3 Å². The molecule has 1 fully saturated rings. The number of nitrogens with one attached hydrogen (secondary N) is 1. The quantitative estimate of drug-likeness (QED) is 0.650. The predicted octanol–water partition coefficient (Wildman–Crippen LogP) is 3.48. The molecule has 2 aromatic carbocycles. The Morgan fingerprint density at radius 1 is 1.15 bits per heavy atom. The molecule has 3 rings (SSSR count). The average molecular weight is 367 g/mol. The number of rotatable bonds is 5. The fourth-order valence-corrected chi connectivity index (χ4v) is 3.53. The second-order valence-electron chi connectivity index (χ2n) is 6.14. The first kappa shape index (κ1) is 18.2. The highest BCUT2D eigenvalue weighted by Gasteiger charge is 2.30. The molecule has 1 unspecified atom stereocenters. The number of hydrogen-bond acceptors (Lipinski definition) is 5. The lowest BCUT2D eigenvalue weighted by Gasteiger charge is -2.07. The van der Waals surface area contributed by atoms with Gasteiger partial charge in [0.05, 0.1) is 18.6 Å². The zero-order chi connectivity index (χ0) is 18.5. The Labute approximate surface area is 157 Å². The van der Waals surface area contributed by atoms with Gasteiger partial charge in [-0.3, -0.25) is 4.79 Å². The van der Waals surface area contributed by atoms with Crippen molar-refractivity contribution < 1.29 is 9.53 Å². The number of benzene rings is 2. The molecule has 0 spiro atoms. The summed E-state index contributed by atoms with van der Waals surface area (Å²) in [6, 6.07) is 13.8. The van der Waals surface area contributed by atoms with Crippen LogP contribution in [0.25, 0.3) is 0 Å². The highest BCUT2D eigenvalue weighted by molar-refractivity contribution is 8.15. The highest BCUT2D eigenvalue weighted by atomic mass is 32.2. The predicted molar refractivity (Wildman–Crippen MR) is 107 cm³/mol. The van der Waals surface area contributed by atoms with Crippen molar-refractivity contribution >= 4 is 29.1 Å². The van der Waals surface area contributed by atoms with E-state index in [0.29, 0.717) is 11.6 Å². The zero-order valence-corrected chi connectivity index (χ0v) is 15.8. The third-order valence-electron chi connectivity index (χ3n) is 4.24. The van der Waals surface area contributed by atoms with Crippen LogP contribution < -0.4 is 10.1 Å². The monoisotopic (exact) mass is 367 g/mol. The van der Waals surface area contributed by atoms with Gasteiger partial charge in [-0.05, 0) is 66.8 Å². The maximum atomic E-state index is 12.2. The van der Waals surface area contributed by atoms with E-state index in [-0.39, 0.29) is 11.2 Å². The Morgan fingerprint density at radius 3 is 2.62 bits per heavy atom. The standard InChI is InChI=1S/C20H21N3O2S/c1-13-4-5-16(10-14(13)2)11-18-19(24)22-20(26-18)23-21-12-15-6-8-17(25-3)9-7-15/h4-10,12,18H,11H2,1-3H3,(H,22,23,24). The summed E-state index contributed by atoms with van der Waals surface area (Å²) in [6.45, 7) is 4.17. The molecule has 0 aliphatic carbocycles. The van der Waals surface area contributed by atoms with Crippen molar-refractivity contribution in [3.05, 3.63) is 64.7 Å². The minimum Gasteiger partial charge on any atom is -0.497 e. The topological polar surface area (TPSA) is 63.1 Å². The van der Waals surface area contributed by atoms with Gasteiger partial charge in [-0.25, -0.2) is 0 Å². The molecule has 1 amide bonds. The van der Waals surface area contributed by atoms with Crippen LogP contribution in [-0.4, -0.2) is 29.6 Å². The van der Waals surface area contributed by atoms with Crippen LogP contribution in [0.1, 0.15) is 22.3 Å². The van der Waals surface area contributed by atoms with E-state index >= 15 is 0 Å². The van der Waals surface area contributed by atoms with Crippen molar-refractivity contribution in [3.63, 3.8) is 0 Å². The van der Waals surface area contributed by atoms with Gasteiger partial charge in [0.25, 0.3) is 0 Å². The Balaban J connectivity index is 1.61. The number of carbonyl (C=O) groups is 1. The molecule has 1 heterocycles. The molecule has 1 atom stereocenters. The summed E-state index contributed by atoms with van der Waals surface area (Å²) >= 11 is 1.42. The summed E-state index contributed by atoms with van der Waals surface area (Å²) in [5.41, 5.74) is 4.57. The number of nitrogens with zero attached hydrogens (tertiary/aromatic N) is 2. The minimum atomic E-state index is -0.174. The van der Waals surface area contributed by atoms with E-state index in [2.05, 4.69) is 47.6 Å². The van der Waals surface area contributed by atoms with E-state index in [1.807, 2.05) is 24.3 Å². The normalized spacial score (nSPS) is 18.5. The molecule has 26 heavy (non-hydrogen) atoms. The van der Waals surface area contributed by atoms with Gasteiger partial charge in [-0.2, -0.15) is 5.10 Å². The van der Waals surface area contributed by atoms with Crippen LogP contribution in [0.4, 0.5) is 0 Å². The second-order valence-corrected chi connectivity index (χ2v) is 7.33. The van der Waals surface area contributed by atoms with Crippen LogP contribution in [0.5, 0.6) is 5.75 Å². The zero-order valence-electron chi connectivity index (χ0n) is 15.0. The van der Waals surface area contributed by atoms with Gasteiger partial charge in [-0.1, -0.05) is 30.0 Å². The van der Waals surface area contributed by atoms with Gasteiger partial charge in [-0.15, -0.1) is 5.10 Å². The van der Waals surface area contributed by atoms with Crippen LogP contribution in [0, 0.1) is 13.8 Å². The Bertz CT molecular complexity index is 860. The number of hydrogen-bond donors (Lipinski definition) is 1. The lowest BCUT2D eigenvalue weighted by Crippen LogP contribution is -2.25. The maximum Gasteiger partial charge on any atom is 0.239 e. The Hall–Kier alpha value is -2.60. The molecule has 6 heteroatoms. The van der Waals surface area contributed by atoms with Gasteiger partial charge in [0.15, 0.2) is 5.17 Å². The van der Waals surface area contributed by atoms with Crippen LogP contribution in [-0.2, 0) is 11.2 Å². The molecular weight excluding hydrogens is 346 g/mol. The molecule has 1 saturated heterocycles. The number of amides is 1. The lowest BCUT2D eigenvalue weighted by atomic mass is 10.0. The van der Waals surface area contributed by atoms with Crippen molar-refractivity contribution in [2.24, 2.45) is 10.2 Å². The molecule has 1 aliphatic rings. The van der Waals surface area contributed by atoms with Gasteiger partial charge >= 0.3 is 0 Å². The number of carbonyl (C=O) groups excluding carboxylic acids is 1. The summed E-state index contributed by atoms with van der Waals surface area (Å²) in [6.07, 6.45) is 2.33. The molecule has 0 aromatic heterocycles. The fraction of sp³-hybridized carbons (Fsp3) is 0.250. The van der Waals surface area contributed by atoms with E-state index in [4.69, 9.17) is 4.74 Å². The molecule has 1 aliphatic heterocycles. The molecule has 0 bridgehead atoms. The van der Waals surface area contributed by atoms with Crippen molar-refractivity contribution in [2.75, 3.05) is 7.11 Å². The molecule has 134 valence electrons. The summed E-state index contributed by atoms with van der Waals surface area (Å²) in [5.74, 6) is 0.771. The fourth-order valence-electron chi connectivity index (χ4n) is 2.57. The number of methoxy groups -OCH3 is 1. The van der Waals surface area contributed by atoms with Gasteiger partial charge in [0.2, 0.25) is 5.91 Å². The molecule has 2 aromatic rings. The summed E-state index contributed by atoms with van der Waals surface area (Å²) in [4.78, 5) is 12.2. The van der Waals surface area contributed by atoms with Gasteiger partial charge in [0.1, 0.15) is 5.75 Å². The van der Waals surface area contributed by atoms with Gasteiger partial charge < -0.3 is 10.1 Å². The summed E-state index contributed by atoms with van der Waals surface area (Å²) < 4.78 is 5.12. The summed E-state index contributed by atoms with van der Waals surface area (Å²) in [7, 11) is 1.63. The number of aryl methyl sites for hydroxylation is 2. The lowest BCUT2D eigenvalue weighted by molar-refractivity contribution is -0.118. The van der Waals surface area contributed by atoms with Crippen molar-refractivity contribution in [1.29, 1.82) is 0 Å². The van der Waals surface area contributed by atoms with Crippen LogP contribution >= 0.6 is 11.8 Å². The number of ether oxygens (including phenoxy) is 1. The number of amidine groups is 1. The Kier molecular flexibility index (Phi) is 5.73. The third kappa shape index (κ3) is 4.52. The average Bonchev–Trinajstić information content (AvgIpc) is 2.98. The largest absolute Gasteiger partial charge is 0.497 e. The molecule has 1 N–H and O–H groups in total. The molecule has 0 radical (unpaired) electrons. The Morgan fingerprint density at radius 2 is 1.92 bits per heavy atom. The SMILES string of the molecule is COc1ccc(C=N/N=C2\NC(=O)C(Cc3ccc(C)c(C)c3)S2)cc1. The van der Waals surface area contributed by atoms with Crippen molar-refractivity contribution in [1.82, 2.24) is 5.32 Å². The van der Waals surface area contributed by atoms with E-state index in [9.17, 15) is 4.79 Å². The van der Waals surface area contributed by atoms with Crippen LogP contribution in [0.15, 0.2) is 52.7 Å². The maximum absolute atomic E-state index is 12.2. The number of thioether (sulfide) groups is 1. The van der Waals surface area contributed by atoms with E-state index in [1.165, 1.54) is 22.9 Å². The van der Waals surface area contributed by atoms with E-state index in [0.717, 1.165) is 16.9 Å². The first-order valence-corrected chi connectivity index (χ1v) is 9.22. The van der Waals surface area contributed by atoms with Crippen molar-refractivity contribution in [3.8, 4) is 5.75 Å². The smallest absolute Gasteiger partial charge is 0.239 e. The highest BCUT2D eigenvalue weighted by Crippen LogP contribution is 2.24. The molecular formula is C20H21N3O2S. The first-order valence-electron chi connectivity index (χ1n) is 8.34. The molecule has 5 nitrogen and oxygen atoms in total. The van der Waals surface area contributed by atoms with Crippen LogP contribution in [0.2, 0.25) is 0 Å². The first-order chi connectivity index (χ1) is 12.5. The minimum absolute atomic E-state index is 0.0216. The van der Waals surface area contributed by atoms with Crippen LogP contribution in [0.3, 0.4) is 0 Å². The third-order valence-corrected chi connectivity index (χ3v) is 5.31. The second kappa shape index (κ2) is 8.19. The van der Waals surface area contributed by atoms with Gasteiger partial charge in [0, 0.05) is 0 Å². The van der Waals surface area contributed by atoms with Crippen molar-refractivity contribution in [2.45, 2.75) is 25.5 Å².